The molecule has 1 unspecified atom stereocenters. The van der Waals surface area contributed by atoms with E-state index in [9.17, 15) is 8.78 Å². The van der Waals surface area contributed by atoms with Crippen LogP contribution in [0, 0.1) is 5.92 Å². The van der Waals surface area contributed by atoms with Gasteiger partial charge < -0.3 is 10.1 Å². The van der Waals surface area contributed by atoms with Gasteiger partial charge in [0, 0.05) is 11.6 Å². The van der Waals surface area contributed by atoms with Crippen molar-refractivity contribution >= 4 is 0 Å². The van der Waals surface area contributed by atoms with Crippen LogP contribution in [0.4, 0.5) is 8.78 Å². The number of hydrogen-bond donors (Lipinski definition) is 1. The van der Waals surface area contributed by atoms with Crippen LogP contribution in [0.1, 0.15) is 57.1 Å². The molecule has 21 heavy (non-hydrogen) atoms. The maximum atomic E-state index is 12.4. The lowest BCUT2D eigenvalue weighted by atomic mass is 10.0. The number of alkyl halides is 2. The third-order valence-electron chi connectivity index (χ3n) is 4.32. The first-order chi connectivity index (χ1) is 10.2. The number of hydrogen-bond acceptors (Lipinski definition) is 2. The molecule has 0 aromatic heterocycles. The van der Waals surface area contributed by atoms with Gasteiger partial charge in [0.15, 0.2) is 0 Å². The standard InChI is InChI=1S/C17H25F2NO/c1-13(20-12-6-9-14-7-2-3-8-14)15-10-4-5-11-16(15)21-17(18)19/h4-5,10-11,13-14,17,20H,2-3,6-9,12H2,1H3. The Labute approximate surface area is 125 Å². The first-order valence-corrected chi connectivity index (χ1v) is 7.94. The quantitative estimate of drug-likeness (QED) is 0.688. The normalized spacial score (nSPS) is 17.3. The lowest BCUT2D eigenvalue weighted by molar-refractivity contribution is -0.0506. The topological polar surface area (TPSA) is 21.3 Å². The Morgan fingerprint density at radius 1 is 1.24 bits per heavy atom. The molecule has 1 saturated carbocycles. The Bertz CT molecular complexity index is 419. The monoisotopic (exact) mass is 297 g/mol. The number of benzene rings is 1. The molecule has 2 rings (SSSR count). The molecule has 1 N–H and O–H groups in total. The zero-order valence-electron chi connectivity index (χ0n) is 12.7. The summed E-state index contributed by atoms with van der Waals surface area (Å²) in [6.45, 7) is 0.130. The molecule has 0 spiro atoms. The molecule has 0 heterocycles. The van der Waals surface area contributed by atoms with Crippen LogP contribution in [0.25, 0.3) is 0 Å². The van der Waals surface area contributed by atoms with Gasteiger partial charge in [0.05, 0.1) is 0 Å². The lowest BCUT2D eigenvalue weighted by Gasteiger charge is -2.18. The fourth-order valence-electron chi connectivity index (χ4n) is 3.16. The second-order valence-corrected chi connectivity index (χ2v) is 5.88. The third kappa shape index (κ3) is 5.27. The molecule has 0 saturated heterocycles. The minimum absolute atomic E-state index is 0.0172. The molecular weight excluding hydrogens is 272 g/mol. The number of para-hydroxylation sites is 1. The maximum absolute atomic E-state index is 12.4. The van der Waals surface area contributed by atoms with Gasteiger partial charge >= 0.3 is 6.61 Å². The number of halogens is 2. The molecule has 0 aliphatic heterocycles. The summed E-state index contributed by atoms with van der Waals surface area (Å²) in [5, 5.41) is 3.41. The van der Waals surface area contributed by atoms with E-state index in [-0.39, 0.29) is 11.8 Å². The van der Waals surface area contributed by atoms with E-state index in [4.69, 9.17) is 0 Å². The van der Waals surface area contributed by atoms with Gasteiger partial charge in [-0.15, -0.1) is 0 Å². The summed E-state index contributed by atoms with van der Waals surface area (Å²) in [6.07, 6.45) is 7.93. The minimum Gasteiger partial charge on any atom is -0.434 e. The molecular formula is C17H25F2NO. The molecule has 0 bridgehead atoms. The predicted octanol–water partition coefficient (Wildman–Crippen LogP) is 4.91. The van der Waals surface area contributed by atoms with Crippen LogP contribution < -0.4 is 10.1 Å². The summed E-state index contributed by atoms with van der Waals surface area (Å²) in [5.74, 6) is 1.17. The highest BCUT2D eigenvalue weighted by Crippen LogP contribution is 2.29. The van der Waals surface area contributed by atoms with Gasteiger partial charge in [-0.1, -0.05) is 43.9 Å². The number of nitrogens with one attached hydrogen (secondary N) is 1. The number of rotatable bonds is 8. The third-order valence-corrected chi connectivity index (χ3v) is 4.32. The molecule has 2 nitrogen and oxygen atoms in total. The van der Waals surface area contributed by atoms with E-state index >= 15 is 0 Å². The summed E-state index contributed by atoms with van der Waals surface area (Å²) < 4.78 is 29.4. The van der Waals surface area contributed by atoms with Crippen molar-refractivity contribution in [2.75, 3.05) is 6.54 Å². The van der Waals surface area contributed by atoms with Crippen LogP contribution in [0.15, 0.2) is 24.3 Å². The first-order valence-electron chi connectivity index (χ1n) is 7.94. The van der Waals surface area contributed by atoms with Crippen LogP contribution in [-0.2, 0) is 0 Å². The van der Waals surface area contributed by atoms with Gasteiger partial charge in [-0.05, 0) is 38.3 Å². The van der Waals surface area contributed by atoms with Crippen LogP contribution in [-0.4, -0.2) is 13.2 Å². The average Bonchev–Trinajstić information content (AvgIpc) is 2.96. The molecule has 118 valence electrons. The van der Waals surface area contributed by atoms with Crippen LogP contribution >= 0.6 is 0 Å². The van der Waals surface area contributed by atoms with E-state index < -0.39 is 6.61 Å². The van der Waals surface area contributed by atoms with Crippen molar-refractivity contribution in [3.8, 4) is 5.75 Å². The summed E-state index contributed by atoms with van der Waals surface area (Å²) in [4.78, 5) is 0. The van der Waals surface area contributed by atoms with E-state index in [0.29, 0.717) is 0 Å². The molecule has 0 amide bonds. The van der Waals surface area contributed by atoms with Crippen molar-refractivity contribution in [3.63, 3.8) is 0 Å². The van der Waals surface area contributed by atoms with Crippen molar-refractivity contribution in [2.45, 2.75) is 58.1 Å². The Balaban J connectivity index is 1.78. The minimum atomic E-state index is -2.78. The zero-order valence-corrected chi connectivity index (χ0v) is 12.7. The first kappa shape index (κ1) is 16.2. The van der Waals surface area contributed by atoms with Crippen molar-refractivity contribution in [1.29, 1.82) is 0 Å². The molecule has 1 aliphatic carbocycles. The summed E-state index contributed by atoms with van der Waals surface area (Å²) in [5.41, 5.74) is 0.790. The molecule has 1 aromatic rings. The highest BCUT2D eigenvalue weighted by Gasteiger charge is 2.16. The largest absolute Gasteiger partial charge is 0.434 e. The Kier molecular flexibility index (Phi) is 6.43. The maximum Gasteiger partial charge on any atom is 0.387 e. The number of ether oxygens (including phenoxy) is 1. The molecule has 1 atom stereocenters. The molecule has 4 heteroatoms. The lowest BCUT2D eigenvalue weighted by Crippen LogP contribution is -2.21. The predicted molar refractivity (Wildman–Crippen MR) is 80.7 cm³/mol. The SMILES string of the molecule is CC(NCCCC1CCCC1)c1ccccc1OC(F)F. The van der Waals surface area contributed by atoms with Gasteiger partial charge in [0.1, 0.15) is 5.75 Å². The van der Waals surface area contributed by atoms with E-state index in [1.54, 1.807) is 12.1 Å². The van der Waals surface area contributed by atoms with Crippen LogP contribution in [0.2, 0.25) is 0 Å². The van der Waals surface area contributed by atoms with E-state index in [1.807, 2.05) is 19.1 Å². The summed E-state index contributed by atoms with van der Waals surface area (Å²) in [7, 11) is 0. The average molecular weight is 297 g/mol. The Morgan fingerprint density at radius 3 is 2.67 bits per heavy atom. The van der Waals surface area contributed by atoms with Crippen molar-refractivity contribution in [3.05, 3.63) is 29.8 Å². The Hall–Kier alpha value is -1.16. The van der Waals surface area contributed by atoms with E-state index in [1.165, 1.54) is 32.1 Å². The highest BCUT2D eigenvalue weighted by atomic mass is 19.3. The molecule has 0 radical (unpaired) electrons. The second kappa shape index (κ2) is 8.32. The van der Waals surface area contributed by atoms with Gasteiger partial charge in [-0.3, -0.25) is 0 Å². The summed E-state index contributed by atoms with van der Waals surface area (Å²) >= 11 is 0. The van der Waals surface area contributed by atoms with Crippen molar-refractivity contribution in [2.24, 2.45) is 5.92 Å². The van der Waals surface area contributed by atoms with Crippen LogP contribution in [0.5, 0.6) is 5.75 Å². The smallest absolute Gasteiger partial charge is 0.387 e. The van der Waals surface area contributed by atoms with Crippen molar-refractivity contribution < 1.29 is 13.5 Å². The van der Waals surface area contributed by atoms with Gasteiger partial charge in [-0.25, -0.2) is 0 Å². The summed E-state index contributed by atoms with van der Waals surface area (Å²) in [6, 6.07) is 7.02. The van der Waals surface area contributed by atoms with Crippen molar-refractivity contribution in [1.82, 2.24) is 5.32 Å². The molecule has 1 aromatic carbocycles. The van der Waals surface area contributed by atoms with Gasteiger partial charge in [0.25, 0.3) is 0 Å². The fourth-order valence-corrected chi connectivity index (χ4v) is 3.16. The Morgan fingerprint density at radius 2 is 1.95 bits per heavy atom. The second-order valence-electron chi connectivity index (χ2n) is 5.88. The fraction of sp³-hybridized carbons (Fsp3) is 0.647. The van der Waals surface area contributed by atoms with Gasteiger partial charge in [-0.2, -0.15) is 8.78 Å². The van der Waals surface area contributed by atoms with E-state index in [2.05, 4.69) is 10.1 Å². The highest BCUT2D eigenvalue weighted by molar-refractivity contribution is 5.35. The van der Waals surface area contributed by atoms with Gasteiger partial charge in [0.2, 0.25) is 0 Å². The molecule has 1 fully saturated rings. The molecule has 1 aliphatic rings. The zero-order chi connectivity index (χ0) is 15.1. The van der Waals surface area contributed by atoms with Crippen LogP contribution in [0.3, 0.4) is 0 Å². The van der Waals surface area contributed by atoms with E-state index in [0.717, 1.165) is 24.4 Å².